The molecule has 0 radical (unpaired) electrons. The molecule has 1 aromatic heterocycles. The Bertz CT molecular complexity index is 1490. The Morgan fingerprint density at radius 2 is 1.69 bits per heavy atom. The van der Waals surface area contributed by atoms with E-state index in [9.17, 15) is 19.1 Å². The highest BCUT2D eigenvalue weighted by atomic mass is 19.1. The fraction of sp³-hybridized carbons (Fsp3) is 0.172. The largest absolute Gasteiger partial charge is 0.508 e. The van der Waals surface area contributed by atoms with Crippen molar-refractivity contribution in [2.45, 2.75) is 0 Å². The van der Waals surface area contributed by atoms with Crippen molar-refractivity contribution in [3.8, 4) is 22.6 Å². The summed E-state index contributed by atoms with van der Waals surface area (Å²) in [6.07, 6.45) is 0. The third-order valence-corrected chi connectivity index (χ3v) is 6.50. The number of carbonyl (C=O) groups excluding carboxylic acids is 2. The fourth-order valence-electron chi connectivity index (χ4n) is 4.36. The lowest BCUT2D eigenvalue weighted by atomic mass is 10.0. The van der Waals surface area contributed by atoms with Crippen molar-refractivity contribution >= 4 is 23.3 Å². The van der Waals surface area contributed by atoms with Gasteiger partial charge < -0.3 is 25.0 Å². The highest BCUT2D eigenvalue weighted by Gasteiger charge is 2.24. The molecule has 2 heterocycles. The minimum Gasteiger partial charge on any atom is -0.508 e. The predicted octanol–water partition coefficient (Wildman–Crippen LogP) is 4.21. The number of hydrogen-bond donors (Lipinski definition) is 2. The molecule has 10 heteroatoms. The van der Waals surface area contributed by atoms with E-state index in [4.69, 9.17) is 4.74 Å². The normalized spacial score (nSPS) is 13.2. The van der Waals surface area contributed by atoms with Crippen molar-refractivity contribution in [2.75, 3.05) is 43.5 Å². The number of phenols is 1. The maximum Gasteiger partial charge on any atom is 0.276 e. The molecule has 0 saturated carbocycles. The van der Waals surface area contributed by atoms with Gasteiger partial charge in [0.25, 0.3) is 11.8 Å². The van der Waals surface area contributed by atoms with Crippen LogP contribution in [0.25, 0.3) is 11.1 Å². The van der Waals surface area contributed by atoms with Crippen LogP contribution < -0.4 is 15.0 Å². The minimum absolute atomic E-state index is 0.0427. The van der Waals surface area contributed by atoms with Crippen molar-refractivity contribution in [2.24, 2.45) is 0 Å². The van der Waals surface area contributed by atoms with Crippen LogP contribution in [-0.4, -0.2) is 65.3 Å². The molecule has 1 saturated heterocycles. The molecule has 0 atom stereocenters. The van der Waals surface area contributed by atoms with Crippen LogP contribution in [0.15, 0.2) is 78.9 Å². The van der Waals surface area contributed by atoms with Gasteiger partial charge in [0, 0.05) is 43.0 Å². The fourth-order valence-corrected chi connectivity index (χ4v) is 4.36. The first-order chi connectivity index (χ1) is 18.9. The van der Waals surface area contributed by atoms with Gasteiger partial charge in [-0.15, -0.1) is 10.2 Å². The summed E-state index contributed by atoms with van der Waals surface area (Å²) in [6, 6.07) is 21.0. The highest BCUT2D eigenvalue weighted by Crippen LogP contribution is 2.27. The van der Waals surface area contributed by atoms with Crippen LogP contribution >= 0.6 is 0 Å². The van der Waals surface area contributed by atoms with Gasteiger partial charge in [-0.25, -0.2) is 4.39 Å². The van der Waals surface area contributed by atoms with E-state index in [1.807, 2.05) is 4.90 Å². The summed E-state index contributed by atoms with van der Waals surface area (Å²) in [6.45, 7) is 1.88. The molecular formula is C29H26FN5O4. The summed E-state index contributed by atoms with van der Waals surface area (Å²) in [5.41, 5.74) is 1.90. The summed E-state index contributed by atoms with van der Waals surface area (Å²) >= 11 is 0. The number of methoxy groups -OCH3 is 1. The van der Waals surface area contributed by atoms with E-state index in [2.05, 4.69) is 15.5 Å². The van der Waals surface area contributed by atoms with Gasteiger partial charge in [-0.1, -0.05) is 18.2 Å². The van der Waals surface area contributed by atoms with Gasteiger partial charge in [-0.3, -0.25) is 9.59 Å². The number of ether oxygens (including phenoxy) is 1. The number of carbonyl (C=O) groups is 2. The maximum absolute atomic E-state index is 14.8. The molecule has 9 nitrogen and oxygen atoms in total. The SMILES string of the molecule is COc1ccc(NC(=O)c2ccc(N3CCN(C(=O)c4ccc(-c5cccc(O)c5)c(F)c4)CC3)nn2)cc1. The molecule has 1 aliphatic rings. The summed E-state index contributed by atoms with van der Waals surface area (Å²) in [5.74, 6) is 0.167. The molecule has 0 unspecified atom stereocenters. The number of nitrogens with zero attached hydrogens (tertiary/aromatic N) is 4. The summed E-state index contributed by atoms with van der Waals surface area (Å²) in [5, 5.41) is 20.7. The third-order valence-electron chi connectivity index (χ3n) is 6.50. The van der Waals surface area contributed by atoms with Gasteiger partial charge >= 0.3 is 0 Å². The van der Waals surface area contributed by atoms with Crippen molar-refractivity contribution in [3.63, 3.8) is 0 Å². The van der Waals surface area contributed by atoms with Gasteiger partial charge in [-0.2, -0.15) is 0 Å². The van der Waals surface area contributed by atoms with E-state index in [0.29, 0.717) is 54.6 Å². The number of benzene rings is 3. The van der Waals surface area contributed by atoms with Crippen LogP contribution in [0.3, 0.4) is 0 Å². The molecule has 1 aliphatic heterocycles. The Morgan fingerprint density at radius 3 is 2.33 bits per heavy atom. The van der Waals surface area contributed by atoms with E-state index in [1.54, 1.807) is 72.7 Å². The van der Waals surface area contributed by atoms with E-state index in [0.717, 1.165) is 0 Å². The number of amides is 2. The zero-order valence-electron chi connectivity index (χ0n) is 21.2. The minimum atomic E-state index is -0.531. The highest BCUT2D eigenvalue weighted by molar-refractivity contribution is 6.02. The molecule has 39 heavy (non-hydrogen) atoms. The standard InChI is InChI=1S/C29H26FN5O4/c1-39-23-8-6-21(7-9-23)31-28(37)26-11-12-27(33-32-26)34-13-15-35(16-14-34)29(38)20-5-10-24(25(30)18-20)19-3-2-4-22(36)17-19/h2-12,17-18,36H,13-16H2,1H3,(H,31,37). The number of halogens is 1. The quantitative estimate of drug-likeness (QED) is 0.387. The predicted molar refractivity (Wildman–Crippen MR) is 145 cm³/mol. The lowest BCUT2D eigenvalue weighted by Crippen LogP contribution is -2.49. The van der Waals surface area contributed by atoms with Crippen LogP contribution in [0, 0.1) is 5.82 Å². The lowest BCUT2D eigenvalue weighted by Gasteiger charge is -2.35. The Morgan fingerprint density at radius 1 is 0.923 bits per heavy atom. The number of aromatic nitrogens is 2. The second-order valence-electron chi connectivity index (χ2n) is 8.98. The Labute approximate surface area is 224 Å². The number of nitrogens with one attached hydrogen (secondary N) is 1. The summed E-state index contributed by atoms with van der Waals surface area (Å²) < 4.78 is 19.9. The second kappa shape index (κ2) is 11.2. The average Bonchev–Trinajstić information content (AvgIpc) is 2.97. The molecule has 0 aliphatic carbocycles. The molecule has 4 aromatic rings. The molecule has 2 amide bonds. The third kappa shape index (κ3) is 5.80. The van der Waals surface area contributed by atoms with Crippen LogP contribution in [0.1, 0.15) is 20.8 Å². The van der Waals surface area contributed by atoms with Gasteiger partial charge in [0.05, 0.1) is 7.11 Å². The number of aromatic hydroxyl groups is 1. The number of anilines is 2. The Balaban J connectivity index is 1.17. The van der Waals surface area contributed by atoms with Crippen LogP contribution in [0.4, 0.5) is 15.9 Å². The zero-order valence-corrected chi connectivity index (χ0v) is 21.2. The first-order valence-electron chi connectivity index (χ1n) is 12.3. The smallest absolute Gasteiger partial charge is 0.276 e. The lowest BCUT2D eigenvalue weighted by molar-refractivity contribution is 0.0745. The summed E-state index contributed by atoms with van der Waals surface area (Å²) in [4.78, 5) is 29.2. The first kappa shape index (κ1) is 25.7. The molecule has 1 fully saturated rings. The maximum atomic E-state index is 14.8. The van der Waals surface area contributed by atoms with Crippen molar-refractivity contribution < 1.29 is 23.8 Å². The van der Waals surface area contributed by atoms with Gasteiger partial charge in [0.1, 0.15) is 17.3 Å². The first-order valence-corrected chi connectivity index (χ1v) is 12.3. The van der Waals surface area contributed by atoms with E-state index in [-0.39, 0.29) is 28.8 Å². The van der Waals surface area contributed by atoms with Gasteiger partial charge in [0.2, 0.25) is 0 Å². The molecular weight excluding hydrogens is 501 g/mol. The summed E-state index contributed by atoms with van der Waals surface area (Å²) in [7, 11) is 1.57. The van der Waals surface area contributed by atoms with Crippen molar-refractivity contribution in [1.82, 2.24) is 15.1 Å². The molecule has 0 bridgehead atoms. The van der Waals surface area contributed by atoms with E-state index in [1.165, 1.54) is 18.2 Å². The van der Waals surface area contributed by atoms with Gasteiger partial charge in [-0.05, 0) is 66.2 Å². The number of piperazine rings is 1. The molecule has 0 spiro atoms. The van der Waals surface area contributed by atoms with Crippen molar-refractivity contribution in [3.05, 3.63) is 95.9 Å². The number of hydrogen-bond acceptors (Lipinski definition) is 7. The Hall–Kier alpha value is -4.99. The number of phenolic OH excluding ortho intramolecular Hbond substituents is 1. The molecule has 3 aromatic carbocycles. The molecule has 198 valence electrons. The Kier molecular flexibility index (Phi) is 7.35. The van der Waals surface area contributed by atoms with Gasteiger partial charge in [0.15, 0.2) is 11.5 Å². The van der Waals surface area contributed by atoms with Crippen LogP contribution in [-0.2, 0) is 0 Å². The van der Waals surface area contributed by atoms with Crippen LogP contribution in [0.2, 0.25) is 0 Å². The molecule has 2 N–H and O–H groups in total. The van der Waals surface area contributed by atoms with Crippen LogP contribution in [0.5, 0.6) is 11.5 Å². The van der Waals surface area contributed by atoms with E-state index < -0.39 is 5.82 Å². The average molecular weight is 528 g/mol. The van der Waals surface area contributed by atoms with E-state index >= 15 is 0 Å². The second-order valence-corrected chi connectivity index (χ2v) is 8.98. The zero-order chi connectivity index (χ0) is 27.4. The topological polar surface area (TPSA) is 108 Å². The molecule has 5 rings (SSSR count). The number of rotatable bonds is 6. The van der Waals surface area contributed by atoms with Crippen molar-refractivity contribution in [1.29, 1.82) is 0 Å². The monoisotopic (exact) mass is 527 g/mol.